The van der Waals surface area contributed by atoms with Gasteiger partial charge in [0.05, 0.1) is 18.1 Å². The second-order valence-corrected chi connectivity index (χ2v) is 2.80. The molecule has 2 heterocycles. The van der Waals surface area contributed by atoms with Gasteiger partial charge in [0.1, 0.15) is 0 Å². The summed E-state index contributed by atoms with van der Waals surface area (Å²) < 4.78 is 0. The fourth-order valence-corrected chi connectivity index (χ4v) is 1.13. The topological polar surface area (TPSA) is 84.7 Å². The van der Waals surface area contributed by atoms with Gasteiger partial charge < -0.3 is 10.7 Å². The molecule has 0 saturated carbocycles. The maximum absolute atomic E-state index is 11.0. The maximum atomic E-state index is 11.0. The van der Waals surface area contributed by atoms with E-state index in [1.165, 1.54) is 0 Å². The Hall–Kier alpha value is -2.17. The van der Waals surface area contributed by atoms with E-state index in [-0.39, 0.29) is 11.2 Å². The summed E-state index contributed by atoms with van der Waals surface area (Å²) in [5, 5.41) is 7.39. The van der Waals surface area contributed by atoms with Gasteiger partial charge in [0, 0.05) is 17.3 Å². The highest BCUT2D eigenvalue weighted by Crippen LogP contribution is 2.16. The number of hydrogen-bond acceptors (Lipinski definition) is 4. The van der Waals surface area contributed by atoms with Gasteiger partial charge in [-0.1, -0.05) is 0 Å². The predicted molar refractivity (Wildman–Crippen MR) is 52.5 cm³/mol. The van der Waals surface area contributed by atoms with Gasteiger partial charge in [0.15, 0.2) is 0 Å². The van der Waals surface area contributed by atoms with Crippen LogP contribution in [0, 0.1) is 0 Å². The Kier molecular flexibility index (Phi) is 1.98. The molecule has 2 rings (SSSR count). The Labute approximate surface area is 79.6 Å². The molecule has 0 aliphatic rings. The van der Waals surface area contributed by atoms with E-state index in [1.54, 1.807) is 30.7 Å². The van der Waals surface area contributed by atoms with E-state index >= 15 is 0 Å². The highest BCUT2D eigenvalue weighted by molar-refractivity contribution is 5.64. The SMILES string of the molecule is Nc1cc(-c2ccnnc2)c[nH]c1=O. The number of anilines is 1. The summed E-state index contributed by atoms with van der Waals surface area (Å²) in [5.74, 6) is 0. The molecular formula is C9H8N4O. The Morgan fingerprint density at radius 2 is 2.14 bits per heavy atom. The van der Waals surface area contributed by atoms with Crippen LogP contribution in [0.5, 0.6) is 0 Å². The molecule has 70 valence electrons. The number of aromatic amines is 1. The fourth-order valence-electron chi connectivity index (χ4n) is 1.13. The minimum Gasteiger partial charge on any atom is -0.394 e. The van der Waals surface area contributed by atoms with E-state index in [9.17, 15) is 4.79 Å². The van der Waals surface area contributed by atoms with Crippen molar-refractivity contribution >= 4 is 5.69 Å². The van der Waals surface area contributed by atoms with Gasteiger partial charge in [0.25, 0.3) is 5.56 Å². The third-order valence-electron chi connectivity index (χ3n) is 1.85. The number of H-pyrrole nitrogens is 1. The molecule has 0 bridgehead atoms. The molecule has 5 heteroatoms. The van der Waals surface area contributed by atoms with Crippen molar-refractivity contribution in [3.63, 3.8) is 0 Å². The maximum Gasteiger partial charge on any atom is 0.271 e. The highest BCUT2D eigenvalue weighted by Gasteiger charge is 2.00. The molecule has 0 radical (unpaired) electrons. The summed E-state index contributed by atoms with van der Waals surface area (Å²) in [6, 6.07) is 3.40. The average molecular weight is 188 g/mol. The van der Waals surface area contributed by atoms with Gasteiger partial charge in [-0.05, 0) is 12.1 Å². The van der Waals surface area contributed by atoms with Crippen molar-refractivity contribution in [3.8, 4) is 11.1 Å². The first-order chi connectivity index (χ1) is 6.77. The van der Waals surface area contributed by atoms with Gasteiger partial charge in [0.2, 0.25) is 0 Å². The number of aromatic nitrogens is 3. The van der Waals surface area contributed by atoms with Crippen molar-refractivity contribution in [1.29, 1.82) is 0 Å². The molecule has 0 unspecified atom stereocenters. The van der Waals surface area contributed by atoms with Crippen LogP contribution in [-0.2, 0) is 0 Å². The molecule has 3 N–H and O–H groups in total. The number of pyridine rings is 1. The van der Waals surface area contributed by atoms with Crippen molar-refractivity contribution in [2.24, 2.45) is 0 Å². The lowest BCUT2D eigenvalue weighted by Gasteiger charge is -1.99. The van der Waals surface area contributed by atoms with Crippen LogP contribution < -0.4 is 11.3 Å². The second-order valence-electron chi connectivity index (χ2n) is 2.80. The summed E-state index contributed by atoms with van der Waals surface area (Å²) in [7, 11) is 0. The van der Waals surface area contributed by atoms with Crippen LogP contribution in [-0.4, -0.2) is 15.2 Å². The summed E-state index contributed by atoms with van der Waals surface area (Å²) in [6.07, 6.45) is 4.78. The zero-order valence-electron chi connectivity index (χ0n) is 7.27. The summed E-state index contributed by atoms with van der Waals surface area (Å²) in [5.41, 5.74) is 7.07. The Morgan fingerprint density at radius 3 is 2.79 bits per heavy atom. The molecule has 0 atom stereocenters. The Balaban J connectivity index is 2.54. The molecular weight excluding hydrogens is 180 g/mol. The second kappa shape index (κ2) is 3.29. The summed E-state index contributed by atoms with van der Waals surface area (Å²) >= 11 is 0. The third-order valence-corrected chi connectivity index (χ3v) is 1.85. The van der Waals surface area contributed by atoms with Crippen LogP contribution in [0.15, 0.2) is 35.5 Å². The molecule has 14 heavy (non-hydrogen) atoms. The monoisotopic (exact) mass is 188 g/mol. The van der Waals surface area contributed by atoms with Crippen molar-refractivity contribution in [1.82, 2.24) is 15.2 Å². The highest BCUT2D eigenvalue weighted by atomic mass is 16.1. The zero-order valence-corrected chi connectivity index (χ0v) is 7.27. The minimum atomic E-state index is -0.282. The standard InChI is InChI=1S/C9H8N4O/c10-8-3-7(4-11-9(8)14)6-1-2-12-13-5-6/h1-5H,10H2,(H,11,14). The van der Waals surface area contributed by atoms with E-state index in [1.807, 2.05) is 0 Å². The van der Waals surface area contributed by atoms with E-state index < -0.39 is 0 Å². The average Bonchev–Trinajstić information content (AvgIpc) is 2.23. The van der Waals surface area contributed by atoms with Crippen molar-refractivity contribution in [2.75, 3.05) is 5.73 Å². The van der Waals surface area contributed by atoms with E-state index in [2.05, 4.69) is 15.2 Å². The van der Waals surface area contributed by atoms with Gasteiger partial charge in [-0.3, -0.25) is 4.79 Å². The minimum absolute atomic E-state index is 0.194. The number of nitrogen functional groups attached to an aromatic ring is 1. The van der Waals surface area contributed by atoms with Gasteiger partial charge in [-0.15, -0.1) is 0 Å². The molecule has 2 aromatic heterocycles. The van der Waals surface area contributed by atoms with Crippen LogP contribution >= 0.6 is 0 Å². The predicted octanol–water partition coefficient (Wildman–Crippen LogP) is 0.414. The van der Waals surface area contributed by atoms with Crippen LogP contribution in [0.2, 0.25) is 0 Å². The molecule has 0 spiro atoms. The molecule has 0 aliphatic heterocycles. The first-order valence-electron chi connectivity index (χ1n) is 4.02. The fraction of sp³-hybridized carbons (Fsp3) is 0. The molecule has 0 amide bonds. The van der Waals surface area contributed by atoms with Crippen LogP contribution in [0.3, 0.4) is 0 Å². The number of rotatable bonds is 1. The first-order valence-corrected chi connectivity index (χ1v) is 4.02. The van der Waals surface area contributed by atoms with Gasteiger partial charge >= 0.3 is 0 Å². The zero-order chi connectivity index (χ0) is 9.97. The molecule has 0 aliphatic carbocycles. The van der Waals surface area contributed by atoms with Crippen molar-refractivity contribution in [3.05, 3.63) is 41.1 Å². The molecule has 0 aromatic carbocycles. The summed E-state index contributed by atoms with van der Waals surface area (Å²) in [6.45, 7) is 0. The molecule has 5 nitrogen and oxygen atoms in total. The van der Waals surface area contributed by atoms with Gasteiger partial charge in [-0.25, -0.2) is 0 Å². The lowest BCUT2D eigenvalue weighted by atomic mass is 10.1. The van der Waals surface area contributed by atoms with Crippen molar-refractivity contribution in [2.45, 2.75) is 0 Å². The summed E-state index contributed by atoms with van der Waals surface area (Å²) in [4.78, 5) is 13.5. The molecule has 0 saturated heterocycles. The van der Waals surface area contributed by atoms with Crippen LogP contribution in [0.4, 0.5) is 5.69 Å². The number of nitrogens with two attached hydrogens (primary N) is 1. The molecule has 2 aromatic rings. The lowest BCUT2D eigenvalue weighted by molar-refractivity contribution is 1.03. The van der Waals surface area contributed by atoms with E-state index in [0.29, 0.717) is 0 Å². The van der Waals surface area contributed by atoms with E-state index in [0.717, 1.165) is 11.1 Å². The number of hydrogen-bond donors (Lipinski definition) is 2. The largest absolute Gasteiger partial charge is 0.394 e. The normalized spacial score (nSPS) is 10.0. The number of nitrogens with one attached hydrogen (secondary N) is 1. The van der Waals surface area contributed by atoms with Crippen molar-refractivity contribution < 1.29 is 0 Å². The third kappa shape index (κ3) is 1.47. The van der Waals surface area contributed by atoms with Gasteiger partial charge in [-0.2, -0.15) is 10.2 Å². The van der Waals surface area contributed by atoms with E-state index in [4.69, 9.17) is 5.73 Å². The Bertz CT molecular complexity index is 492. The number of nitrogens with zero attached hydrogens (tertiary/aromatic N) is 2. The Morgan fingerprint density at radius 1 is 1.29 bits per heavy atom. The van der Waals surface area contributed by atoms with Crippen LogP contribution in [0.25, 0.3) is 11.1 Å². The first kappa shape index (κ1) is 8.43. The molecule has 0 fully saturated rings. The smallest absolute Gasteiger partial charge is 0.271 e. The quantitative estimate of drug-likeness (QED) is 0.679. The lowest BCUT2D eigenvalue weighted by Crippen LogP contribution is -2.10. The van der Waals surface area contributed by atoms with Crippen LogP contribution in [0.1, 0.15) is 0 Å².